The lowest BCUT2D eigenvalue weighted by Gasteiger charge is -2.36. The van der Waals surface area contributed by atoms with Gasteiger partial charge in [-0.2, -0.15) is 0 Å². The lowest BCUT2D eigenvalue weighted by molar-refractivity contribution is 0.0963. The molecule has 2 bridgehead atoms. The van der Waals surface area contributed by atoms with Crippen molar-refractivity contribution < 1.29 is 4.79 Å². The Hall–Kier alpha value is -2.56. The van der Waals surface area contributed by atoms with E-state index in [1.807, 2.05) is 6.07 Å². The van der Waals surface area contributed by atoms with Crippen molar-refractivity contribution >= 4 is 17.4 Å². The fourth-order valence-corrected chi connectivity index (χ4v) is 3.74. The Bertz CT molecular complexity index is 718. The van der Waals surface area contributed by atoms with Gasteiger partial charge in [-0.25, -0.2) is 4.98 Å². The van der Waals surface area contributed by atoms with E-state index in [0.29, 0.717) is 17.6 Å². The number of nitrogens with one attached hydrogen (secondary N) is 1. The number of benzene rings is 1. The van der Waals surface area contributed by atoms with Gasteiger partial charge < -0.3 is 15.1 Å². The average molecular weight is 308 g/mol. The minimum atomic E-state index is -0.0658. The molecule has 1 N–H and O–H groups in total. The molecule has 2 fully saturated rings. The third kappa shape index (κ3) is 2.42. The second-order valence-electron chi connectivity index (χ2n) is 6.17. The van der Waals surface area contributed by atoms with Gasteiger partial charge in [0, 0.05) is 43.6 Å². The van der Waals surface area contributed by atoms with E-state index >= 15 is 0 Å². The number of piperazine rings is 1. The summed E-state index contributed by atoms with van der Waals surface area (Å²) in [5.41, 5.74) is 1.96. The van der Waals surface area contributed by atoms with Gasteiger partial charge in [-0.3, -0.25) is 4.79 Å². The van der Waals surface area contributed by atoms with Crippen LogP contribution in [0.25, 0.3) is 0 Å². The van der Waals surface area contributed by atoms with Crippen LogP contribution >= 0.6 is 0 Å². The molecule has 3 heterocycles. The summed E-state index contributed by atoms with van der Waals surface area (Å²) in [5, 5.41) is 2.67. The van der Waals surface area contributed by atoms with Crippen LogP contribution in [0.5, 0.6) is 0 Å². The third-order valence-corrected chi connectivity index (χ3v) is 4.86. The molecule has 2 aromatic rings. The van der Waals surface area contributed by atoms with Gasteiger partial charge >= 0.3 is 0 Å². The molecule has 4 rings (SSSR count). The van der Waals surface area contributed by atoms with Crippen LogP contribution in [-0.4, -0.2) is 43.1 Å². The van der Waals surface area contributed by atoms with E-state index in [1.54, 1.807) is 19.3 Å². The Kier molecular flexibility index (Phi) is 3.41. The van der Waals surface area contributed by atoms with E-state index < -0.39 is 0 Å². The molecule has 118 valence electrons. The molecular formula is C18H20N4O. The number of hydrogen-bond acceptors (Lipinski definition) is 4. The number of hydrogen-bond donors (Lipinski definition) is 1. The minimum Gasteiger partial charge on any atom is -0.365 e. The molecule has 0 aliphatic carbocycles. The van der Waals surface area contributed by atoms with Crippen molar-refractivity contribution in [2.24, 2.45) is 0 Å². The van der Waals surface area contributed by atoms with Crippen LogP contribution in [0.15, 0.2) is 48.7 Å². The lowest BCUT2D eigenvalue weighted by atomic mass is 10.2. The Morgan fingerprint density at radius 1 is 1.13 bits per heavy atom. The van der Waals surface area contributed by atoms with Gasteiger partial charge in [0.25, 0.3) is 5.91 Å². The molecule has 2 saturated heterocycles. The van der Waals surface area contributed by atoms with Crippen LogP contribution < -0.4 is 15.1 Å². The largest absolute Gasteiger partial charge is 0.365 e. The van der Waals surface area contributed by atoms with Gasteiger partial charge in [0.05, 0.1) is 6.04 Å². The number of fused-ring (bicyclic) bond motifs is 2. The van der Waals surface area contributed by atoms with Crippen molar-refractivity contribution in [1.82, 2.24) is 10.3 Å². The first-order valence-corrected chi connectivity index (χ1v) is 8.03. The van der Waals surface area contributed by atoms with Crippen LogP contribution in [0.1, 0.15) is 16.8 Å². The molecule has 1 amide bonds. The molecule has 0 spiro atoms. The number of para-hydroxylation sites is 1. The number of pyridine rings is 1. The molecule has 5 heteroatoms. The fourth-order valence-electron chi connectivity index (χ4n) is 3.74. The summed E-state index contributed by atoms with van der Waals surface area (Å²) in [4.78, 5) is 21.1. The zero-order valence-corrected chi connectivity index (χ0v) is 13.1. The van der Waals surface area contributed by atoms with E-state index in [0.717, 1.165) is 25.3 Å². The number of amides is 1. The number of carbonyl (C=O) groups excluding carboxylic acids is 1. The maximum atomic E-state index is 11.8. The van der Waals surface area contributed by atoms with Crippen LogP contribution in [0.4, 0.5) is 11.5 Å². The highest BCUT2D eigenvalue weighted by atomic mass is 16.1. The standard InChI is InChI=1S/C18H20N4O/c1-19-18(23)13-7-8-20-17(9-13)22-12-15-10-16(22)11-21(15)14-5-3-2-4-6-14/h2-9,15-16H,10-12H2,1H3,(H,19,23)/t15-,16-/m1/s1. The zero-order valence-electron chi connectivity index (χ0n) is 13.1. The summed E-state index contributed by atoms with van der Waals surface area (Å²) in [6.07, 6.45) is 2.88. The average Bonchev–Trinajstić information content (AvgIpc) is 3.22. The van der Waals surface area contributed by atoms with Gasteiger partial charge in [0.15, 0.2) is 0 Å². The zero-order chi connectivity index (χ0) is 15.8. The smallest absolute Gasteiger partial charge is 0.251 e. The van der Waals surface area contributed by atoms with Crippen LogP contribution in [0.3, 0.4) is 0 Å². The summed E-state index contributed by atoms with van der Waals surface area (Å²) < 4.78 is 0. The van der Waals surface area contributed by atoms with E-state index in [2.05, 4.69) is 50.4 Å². The maximum Gasteiger partial charge on any atom is 0.251 e. The molecular weight excluding hydrogens is 288 g/mol. The normalized spacial score (nSPS) is 22.5. The quantitative estimate of drug-likeness (QED) is 0.941. The number of carbonyl (C=O) groups is 1. The van der Waals surface area contributed by atoms with Crippen molar-refractivity contribution in [3.8, 4) is 0 Å². The highest BCUT2D eigenvalue weighted by Gasteiger charge is 2.43. The van der Waals surface area contributed by atoms with Gasteiger partial charge in [0.1, 0.15) is 5.82 Å². The number of rotatable bonds is 3. The Labute approximate surface area is 135 Å². The van der Waals surface area contributed by atoms with Gasteiger partial charge in [-0.1, -0.05) is 18.2 Å². The Morgan fingerprint density at radius 3 is 2.57 bits per heavy atom. The minimum absolute atomic E-state index is 0.0658. The molecule has 0 saturated carbocycles. The van der Waals surface area contributed by atoms with E-state index in [1.165, 1.54) is 5.69 Å². The summed E-state index contributed by atoms with van der Waals surface area (Å²) in [6, 6.07) is 15.2. The monoisotopic (exact) mass is 308 g/mol. The van der Waals surface area contributed by atoms with Crippen molar-refractivity contribution in [1.29, 1.82) is 0 Å². The molecule has 5 nitrogen and oxygen atoms in total. The van der Waals surface area contributed by atoms with E-state index in [4.69, 9.17) is 0 Å². The maximum absolute atomic E-state index is 11.8. The molecule has 2 atom stereocenters. The van der Waals surface area contributed by atoms with E-state index in [-0.39, 0.29) is 5.91 Å². The fraction of sp³-hybridized carbons (Fsp3) is 0.333. The lowest BCUT2D eigenvalue weighted by Crippen LogP contribution is -2.46. The summed E-state index contributed by atoms with van der Waals surface area (Å²) >= 11 is 0. The van der Waals surface area contributed by atoms with Crippen LogP contribution in [-0.2, 0) is 0 Å². The van der Waals surface area contributed by atoms with Gasteiger partial charge in [-0.05, 0) is 30.7 Å². The van der Waals surface area contributed by atoms with Crippen molar-refractivity contribution in [3.05, 3.63) is 54.2 Å². The third-order valence-electron chi connectivity index (χ3n) is 4.86. The molecule has 0 radical (unpaired) electrons. The number of nitrogens with zero attached hydrogens (tertiary/aromatic N) is 3. The van der Waals surface area contributed by atoms with Crippen LogP contribution in [0, 0.1) is 0 Å². The molecule has 2 aliphatic rings. The van der Waals surface area contributed by atoms with Crippen molar-refractivity contribution in [3.63, 3.8) is 0 Å². The van der Waals surface area contributed by atoms with Crippen molar-refractivity contribution in [2.75, 3.05) is 29.9 Å². The van der Waals surface area contributed by atoms with E-state index in [9.17, 15) is 4.79 Å². The second kappa shape index (κ2) is 5.57. The first-order chi connectivity index (χ1) is 11.3. The predicted molar refractivity (Wildman–Crippen MR) is 91.0 cm³/mol. The van der Waals surface area contributed by atoms with Crippen molar-refractivity contribution in [2.45, 2.75) is 18.5 Å². The molecule has 1 aromatic carbocycles. The molecule has 23 heavy (non-hydrogen) atoms. The SMILES string of the molecule is CNC(=O)c1ccnc(N2C[C@H]3C[C@@H]2CN3c2ccccc2)c1. The first kappa shape index (κ1) is 14.1. The summed E-state index contributed by atoms with van der Waals surface area (Å²) in [6.45, 7) is 1.98. The molecule has 2 aliphatic heterocycles. The number of aromatic nitrogens is 1. The Morgan fingerprint density at radius 2 is 1.87 bits per heavy atom. The molecule has 1 aromatic heterocycles. The summed E-state index contributed by atoms with van der Waals surface area (Å²) in [5.74, 6) is 0.843. The van der Waals surface area contributed by atoms with Gasteiger partial charge in [0.2, 0.25) is 0 Å². The highest BCUT2D eigenvalue weighted by molar-refractivity contribution is 5.94. The Balaban J connectivity index is 1.53. The number of anilines is 2. The highest BCUT2D eigenvalue weighted by Crippen LogP contribution is 2.36. The topological polar surface area (TPSA) is 48.5 Å². The molecule has 0 unspecified atom stereocenters. The summed E-state index contributed by atoms with van der Waals surface area (Å²) in [7, 11) is 1.65. The predicted octanol–water partition coefficient (Wildman–Crippen LogP) is 1.91. The van der Waals surface area contributed by atoms with Crippen LogP contribution in [0.2, 0.25) is 0 Å². The second-order valence-corrected chi connectivity index (χ2v) is 6.17. The first-order valence-electron chi connectivity index (χ1n) is 8.03. The van der Waals surface area contributed by atoms with Gasteiger partial charge in [-0.15, -0.1) is 0 Å².